The number of likely N-dealkylation sites (tertiary alicyclic amines) is 1. The van der Waals surface area contributed by atoms with Crippen molar-refractivity contribution < 1.29 is 24.1 Å². The van der Waals surface area contributed by atoms with Crippen molar-refractivity contribution in [3.05, 3.63) is 60.3 Å². The molecule has 2 heterocycles. The second-order valence-corrected chi connectivity index (χ2v) is 7.90. The van der Waals surface area contributed by atoms with Crippen molar-refractivity contribution in [1.29, 1.82) is 0 Å². The smallest absolute Gasteiger partial charge is 0.271 e. The summed E-state index contributed by atoms with van der Waals surface area (Å²) in [5, 5.41) is 17.8. The van der Waals surface area contributed by atoms with Gasteiger partial charge < -0.3 is 24.2 Å². The summed E-state index contributed by atoms with van der Waals surface area (Å²) >= 11 is 0. The Bertz CT molecular complexity index is 1070. The van der Waals surface area contributed by atoms with E-state index < -0.39 is 12.2 Å². The third-order valence-corrected chi connectivity index (χ3v) is 5.69. The number of aliphatic hydroxyl groups is 1. The molecule has 0 radical (unpaired) electrons. The average Bonchev–Trinajstić information content (AvgIpc) is 3.26. The standard InChI is InChI=1S/C25H29N3O5/c1-3-32-18-9-7-17(8-10-18)21-16-22(27-26-21)25(30)28-13-11-23(29)24(12-14-28)33-20-6-4-5-19(15-20)31-2/h4-10,15-16,23-24,29H,3,11-14H2,1-2H3,(H,26,27)/t23-,24-/m0/s1. The van der Waals surface area contributed by atoms with Crippen LogP contribution in [0.5, 0.6) is 17.2 Å². The Hall–Kier alpha value is -3.52. The number of carbonyl (C=O) groups excluding carboxylic acids is 1. The van der Waals surface area contributed by atoms with Crippen molar-refractivity contribution in [3.8, 4) is 28.5 Å². The molecule has 174 valence electrons. The topological polar surface area (TPSA) is 96.9 Å². The number of carbonyl (C=O) groups is 1. The van der Waals surface area contributed by atoms with E-state index in [9.17, 15) is 9.90 Å². The molecule has 0 bridgehead atoms. The fourth-order valence-electron chi connectivity index (χ4n) is 3.89. The number of ether oxygens (including phenoxy) is 3. The van der Waals surface area contributed by atoms with Crippen LogP contribution in [0, 0.1) is 0 Å². The highest BCUT2D eigenvalue weighted by molar-refractivity contribution is 5.93. The molecule has 3 aromatic rings. The Labute approximate surface area is 193 Å². The number of methoxy groups -OCH3 is 1. The quantitative estimate of drug-likeness (QED) is 0.571. The molecule has 1 amide bonds. The molecule has 8 heteroatoms. The molecule has 2 atom stereocenters. The van der Waals surface area contributed by atoms with Crippen LogP contribution in [-0.2, 0) is 0 Å². The van der Waals surface area contributed by atoms with Gasteiger partial charge in [-0.25, -0.2) is 0 Å². The molecule has 8 nitrogen and oxygen atoms in total. The molecule has 1 fully saturated rings. The minimum Gasteiger partial charge on any atom is -0.497 e. The molecule has 1 aliphatic heterocycles. The van der Waals surface area contributed by atoms with Gasteiger partial charge in [0.25, 0.3) is 5.91 Å². The first-order chi connectivity index (χ1) is 16.1. The van der Waals surface area contributed by atoms with Gasteiger partial charge in [-0.1, -0.05) is 6.07 Å². The zero-order valence-corrected chi connectivity index (χ0v) is 18.9. The molecule has 1 aliphatic rings. The lowest BCUT2D eigenvalue weighted by atomic mass is 10.1. The first kappa shape index (κ1) is 22.7. The van der Waals surface area contributed by atoms with Crippen molar-refractivity contribution in [2.75, 3.05) is 26.8 Å². The highest BCUT2D eigenvalue weighted by atomic mass is 16.5. The zero-order valence-electron chi connectivity index (χ0n) is 18.9. The molecule has 0 aliphatic carbocycles. The van der Waals surface area contributed by atoms with Gasteiger partial charge in [0.05, 0.1) is 25.5 Å². The van der Waals surface area contributed by atoms with E-state index in [1.165, 1.54) is 0 Å². The van der Waals surface area contributed by atoms with Crippen LogP contribution >= 0.6 is 0 Å². The summed E-state index contributed by atoms with van der Waals surface area (Å²) in [7, 11) is 1.60. The van der Waals surface area contributed by atoms with Crippen molar-refractivity contribution in [1.82, 2.24) is 15.1 Å². The largest absolute Gasteiger partial charge is 0.497 e. The number of hydrogen-bond donors (Lipinski definition) is 2. The van der Waals surface area contributed by atoms with Gasteiger partial charge in [0.1, 0.15) is 29.0 Å². The maximum Gasteiger partial charge on any atom is 0.271 e. The normalized spacial score (nSPS) is 18.5. The molecule has 1 aromatic heterocycles. The molecule has 2 N–H and O–H groups in total. The molecular weight excluding hydrogens is 422 g/mol. The van der Waals surface area contributed by atoms with Crippen LogP contribution < -0.4 is 14.2 Å². The number of aromatic amines is 1. The molecule has 1 saturated heterocycles. The number of aromatic nitrogens is 2. The zero-order chi connectivity index (χ0) is 23.2. The van der Waals surface area contributed by atoms with E-state index in [0.717, 1.165) is 11.3 Å². The Morgan fingerprint density at radius 2 is 1.85 bits per heavy atom. The van der Waals surface area contributed by atoms with E-state index in [1.807, 2.05) is 49.4 Å². The number of nitrogens with one attached hydrogen (secondary N) is 1. The Morgan fingerprint density at radius 3 is 2.61 bits per heavy atom. The summed E-state index contributed by atoms with van der Waals surface area (Å²) in [6, 6.07) is 16.6. The summed E-state index contributed by atoms with van der Waals surface area (Å²) < 4.78 is 16.7. The molecular formula is C25H29N3O5. The van der Waals surface area contributed by atoms with Crippen molar-refractivity contribution in [3.63, 3.8) is 0 Å². The number of H-pyrrole nitrogens is 1. The minimum absolute atomic E-state index is 0.145. The van der Waals surface area contributed by atoms with Gasteiger partial charge >= 0.3 is 0 Å². The second kappa shape index (κ2) is 10.4. The lowest BCUT2D eigenvalue weighted by molar-refractivity contribution is 0.0349. The minimum atomic E-state index is -0.671. The van der Waals surface area contributed by atoms with Gasteiger partial charge in [-0.15, -0.1) is 0 Å². The van der Waals surface area contributed by atoms with Crippen LogP contribution in [0.4, 0.5) is 0 Å². The van der Waals surface area contributed by atoms with E-state index >= 15 is 0 Å². The summed E-state index contributed by atoms with van der Waals surface area (Å²) in [5.74, 6) is 1.97. The highest BCUT2D eigenvalue weighted by Gasteiger charge is 2.29. The van der Waals surface area contributed by atoms with Crippen molar-refractivity contribution in [2.45, 2.75) is 32.0 Å². The molecule has 0 spiro atoms. The van der Waals surface area contributed by atoms with E-state index in [1.54, 1.807) is 24.1 Å². The fourth-order valence-corrected chi connectivity index (χ4v) is 3.89. The van der Waals surface area contributed by atoms with E-state index in [4.69, 9.17) is 14.2 Å². The summed E-state index contributed by atoms with van der Waals surface area (Å²) in [6.07, 6.45) is -0.129. The van der Waals surface area contributed by atoms with E-state index in [0.29, 0.717) is 55.4 Å². The van der Waals surface area contributed by atoms with Crippen LogP contribution in [0.25, 0.3) is 11.3 Å². The lowest BCUT2D eigenvalue weighted by Crippen LogP contribution is -2.32. The van der Waals surface area contributed by atoms with Crippen LogP contribution in [-0.4, -0.2) is 65.1 Å². The second-order valence-electron chi connectivity index (χ2n) is 7.90. The SMILES string of the molecule is CCOc1ccc(-c2cc(C(=O)N3CC[C@H](Oc4cccc(OC)c4)[C@@H](O)CC3)[nH]n2)cc1. The molecule has 4 rings (SSSR count). The number of amides is 1. The molecule has 33 heavy (non-hydrogen) atoms. The van der Waals surface area contributed by atoms with Gasteiger partial charge in [0.2, 0.25) is 0 Å². The van der Waals surface area contributed by atoms with Gasteiger partial charge in [-0.05, 0) is 55.8 Å². The number of aliphatic hydroxyl groups excluding tert-OH is 1. The van der Waals surface area contributed by atoms with Crippen molar-refractivity contribution >= 4 is 5.91 Å². The monoisotopic (exact) mass is 451 g/mol. The average molecular weight is 452 g/mol. The van der Waals surface area contributed by atoms with Gasteiger partial charge in [0.15, 0.2) is 0 Å². The predicted octanol–water partition coefficient (Wildman–Crippen LogP) is 3.53. The van der Waals surface area contributed by atoms with Gasteiger partial charge in [-0.3, -0.25) is 9.89 Å². The van der Waals surface area contributed by atoms with Crippen LogP contribution in [0.15, 0.2) is 54.6 Å². The first-order valence-corrected chi connectivity index (χ1v) is 11.1. The Balaban J connectivity index is 1.40. The Morgan fingerprint density at radius 1 is 1.09 bits per heavy atom. The third kappa shape index (κ3) is 5.46. The van der Waals surface area contributed by atoms with E-state index in [2.05, 4.69) is 10.2 Å². The van der Waals surface area contributed by atoms with Crippen LogP contribution in [0.3, 0.4) is 0 Å². The molecule has 2 aromatic carbocycles. The highest BCUT2D eigenvalue weighted by Crippen LogP contribution is 2.25. The summed E-state index contributed by atoms with van der Waals surface area (Å²) in [4.78, 5) is 14.8. The number of nitrogens with zero attached hydrogens (tertiary/aromatic N) is 2. The Kier molecular flexibility index (Phi) is 7.14. The van der Waals surface area contributed by atoms with Crippen molar-refractivity contribution in [2.24, 2.45) is 0 Å². The predicted molar refractivity (Wildman–Crippen MR) is 124 cm³/mol. The number of rotatable bonds is 7. The van der Waals surface area contributed by atoms with Gasteiger partial charge in [-0.2, -0.15) is 5.10 Å². The number of benzene rings is 2. The van der Waals surface area contributed by atoms with Crippen LogP contribution in [0.1, 0.15) is 30.3 Å². The molecule has 0 saturated carbocycles. The van der Waals surface area contributed by atoms with Crippen LogP contribution in [0.2, 0.25) is 0 Å². The lowest BCUT2D eigenvalue weighted by Gasteiger charge is -2.22. The first-order valence-electron chi connectivity index (χ1n) is 11.1. The maximum atomic E-state index is 13.1. The maximum absolute atomic E-state index is 13.1. The summed E-state index contributed by atoms with van der Waals surface area (Å²) in [5.41, 5.74) is 2.00. The fraction of sp³-hybridized carbons (Fsp3) is 0.360. The number of hydrogen-bond acceptors (Lipinski definition) is 6. The third-order valence-electron chi connectivity index (χ3n) is 5.69. The molecule has 0 unspecified atom stereocenters. The van der Waals surface area contributed by atoms with Gasteiger partial charge in [0, 0.05) is 31.1 Å². The van der Waals surface area contributed by atoms with E-state index in [-0.39, 0.29) is 5.91 Å². The summed E-state index contributed by atoms with van der Waals surface area (Å²) in [6.45, 7) is 3.46.